The minimum Gasteiger partial charge on any atom is -0.478 e. The number of hydrogen-bond acceptors (Lipinski definition) is 5. The molecule has 1 atom stereocenters. The van der Waals surface area contributed by atoms with E-state index in [-0.39, 0.29) is 0 Å². The van der Waals surface area contributed by atoms with Gasteiger partial charge in [-0.05, 0) is 39.2 Å². The fourth-order valence-electron chi connectivity index (χ4n) is 2.13. The Bertz CT molecular complexity index is 364. The Balaban J connectivity index is 2.63. The zero-order valence-electron chi connectivity index (χ0n) is 12.3. The van der Waals surface area contributed by atoms with Crippen molar-refractivity contribution in [3.05, 3.63) is 11.9 Å². The monoisotopic (exact) mass is 266 g/mol. The predicted octanol–water partition coefficient (Wildman–Crippen LogP) is 2.36. The number of nitrogens with zero attached hydrogens (tertiary/aromatic N) is 2. The van der Waals surface area contributed by atoms with Crippen LogP contribution in [0.25, 0.3) is 0 Å². The molecule has 0 aliphatic carbocycles. The van der Waals surface area contributed by atoms with Crippen LogP contribution in [0.2, 0.25) is 0 Å². The van der Waals surface area contributed by atoms with E-state index in [0.29, 0.717) is 18.4 Å². The zero-order valence-corrected chi connectivity index (χ0v) is 12.3. The van der Waals surface area contributed by atoms with Crippen molar-refractivity contribution in [3.63, 3.8) is 0 Å². The van der Waals surface area contributed by atoms with Gasteiger partial charge in [0.15, 0.2) is 0 Å². The van der Waals surface area contributed by atoms with Crippen LogP contribution < -0.4 is 15.8 Å². The van der Waals surface area contributed by atoms with Gasteiger partial charge >= 0.3 is 0 Å². The normalized spacial score (nSPS) is 12.2. The van der Waals surface area contributed by atoms with Crippen molar-refractivity contribution >= 4 is 5.82 Å². The van der Waals surface area contributed by atoms with Crippen LogP contribution in [0, 0.1) is 12.8 Å². The van der Waals surface area contributed by atoms with E-state index in [1.165, 1.54) is 19.2 Å². The number of nitrogens with two attached hydrogens (primary N) is 1. The SMILES string of the molecule is CCCC(CCN)CNc1ncnc(OCC)c1C. The van der Waals surface area contributed by atoms with E-state index in [1.807, 2.05) is 13.8 Å². The Morgan fingerprint density at radius 2 is 2.11 bits per heavy atom. The van der Waals surface area contributed by atoms with E-state index in [1.54, 1.807) is 0 Å². The van der Waals surface area contributed by atoms with Gasteiger partial charge in [0.1, 0.15) is 12.1 Å². The molecule has 19 heavy (non-hydrogen) atoms. The smallest absolute Gasteiger partial charge is 0.221 e. The third-order valence-electron chi connectivity index (χ3n) is 3.15. The highest BCUT2D eigenvalue weighted by Crippen LogP contribution is 2.21. The minimum absolute atomic E-state index is 0.597. The van der Waals surface area contributed by atoms with Crippen molar-refractivity contribution in [1.29, 1.82) is 0 Å². The molecule has 0 fully saturated rings. The predicted molar refractivity (Wildman–Crippen MR) is 78.5 cm³/mol. The van der Waals surface area contributed by atoms with Crippen LogP contribution in [0.3, 0.4) is 0 Å². The molecule has 5 heteroatoms. The third-order valence-corrected chi connectivity index (χ3v) is 3.15. The second-order valence-electron chi connectivity index (χ2n) is 4.70. The molecule has 1 aromatic heterocycles. The lowest BCUT2D eigenvalue weighted by Crippen LogP contribution is -2.19. The van der Waals surface area contributed by atoms with Crippen molar-refractivity contribution in [2.24, 2.45) is 11.7 Å². The molecule has 0 aromatic carbocycles. The summed E-state index contributed by atoms with van der Waals surface area (Å²) in [7, 11) is 0. The fraction of sp³-hybridized carbons (Fsp3) is 0.714. The van der Waals surface area contributed by atoms with Gasteiger partial charge in [-0.1, -0.05) is 13.3 Å². The van der Waals surface area contributed by atoms with Crippen molar-refractivity contribution < 1.29 is 4.74 Å². The number of ether oxygens (including phenoxy) is 1. The molecular weight excluding hydrogens is 240 g/mol. The summed E-state index contributed by atoms with van der Waals surface area (Å²) < 4.78 is 5.47. The maximum Gasteiger partial charge on any atom is 0.221 e. The molecule has 1 unspecified atom stereocenters. The van der Waals surface area contributed by atoms with Crippen molar-refractivity contribution in [2.75, 3.05) is 25.0 Å². The molecule has 1 aromatic rings. The highest BCUT2D eigenvalue weighted by molar-refractivity contribution is 5.47. The Morgan fingerprint density at radius 1 is 1.32 bits per heavy atom. The molecule has 0 radical (unpaired) electrons. The molecule has 1 heterocycles. The zero-order chi connectivity index (χ0) is 14.1. The van der Waals surface area contributed by atoms with Gasteiger partial charge < -0.3 is 15.8 Å². The van der Waals surface area contributed by atoms with Crippen LogP contribution in [-0.2, 0) is 0 Å². The van der Waals surface area contributed by atoms with Gasteiger partial charge in [0.2, 0.25) is 5.88 Å². The average Bonchev–Trinajstić information content (AvgIpc) is 2.40. The Morgan fingerprint density at radius 3 is 2.74 bits per heavy atom. The number of nitrogens with one attached hydrogen (secondary N) is 1. The molecular formula is C14H26N4O. The van der Waals surface area contributed by atoms with E-state index < -0.39 is 0 Å². The van der Waals surface area contributed by atoms with E-state index in [9.17, 15) is 0 Å². The van der Waals surface area contributed by atoms with Gasteiger partial charge in [-0.25, -0.2) is 9.97 Å². The first-order chi connectivity index (χ1) is 9.22. The van der Waals surface area contributed by atoms with Crippen LogP contribution >= 0.6 is 0 Å². The summed E-state index contributed by atoms with van der Waals surface area (Å²) in [5.74, 6) is 2.11. The van der Waals surface area contributed by atoms with Crippen molar-refractivity contribution in [2.45, 2.75) is 40.0 Å². The summed E-state index contributed by atoms with van der Waals surface area (Å²) in [6.45, 7) is 8.38. The number of hydrogen-bond donors (Lipinski definition) is 2. The maximum absolute atomic E-state index is 5.65. The fourth-order valence-corrected chi connectivity index (χ4v) is 2.13. The maximum atomic E-state index is 5.65. The lowest BCUT2D eigenvalue weighted by Gasteiger charge is -2.17. The Kier molecular flexibility index (Phi) is 7.18. The molecule has 3 N–H and O–H groups in total. The van der Waals surface area contributed by atoms with Crippen molar-refractivity contribution in [1.82, 2.24) is 9.97 Å². The third kappa shape index (κ3) is 5.03. The molecule has 0 aliphatic heterocycles. The molecule has 1 rings (SSSR count). The second-order valence-corrected chi connectivity index (χ2v) is 4.70. The number of aromatic nitrogens is 2. The van der Waals surface area contributed by atoms with E-state index in [0.717, 1.165) is 30.9 Å². The molecule has 0 saturated carbocycles. The molecule has 5 nitrogen and oxygen atoms in total. The van der Waals surface area contributed by atoms with E-state index >= 15 is 0 Å². The standard InChI is InChI=1S/C14H26N4O/c1-4-6-12(7-8-15)9-16-13-11(3)14(19-5-2)18-10-17-13/h10,12H,4-9,15H2,1-3H3,(H,16,17,18). The van der Waals surface area contributed by atoms with Gasteiger partial charge in [-0.3, -0.25) is 0 Å². The molecule has 0 aliphatic rings. The van der Waals surface area contributed by atoms with Gasteiger partial charge in [0.25, 0.3) is 0 Å². The summed E-state index contributed by atoms with van der Waals surface area (Å²) in [6, 6.07) is 0. The first-order valence-electron chi connectivity index (χ1n) is 7.11. The minimum atomic E-state index is 0.597. The summed E-state index contributed by atoms with van der Waals surface area (Å²) in [6.07, 6.45) is 4.95. The summed E-state index contributed by atoms with van der Waals surface area (Å²) in [5, 5.41) is 3.39. The summed E-state index contributed by atoms with van der Waals surface area (Å²) >= 11 is 0. The highest BCUT2D eigenvalue weighted by atomic mass is 16.5. The lowest BCUT2D eigenvalue weighted by molar-refractivity contribution is 0.323. The van der Waals surface area contributed by atoms with E-state index in [4.69, 9.17) is 10.5 Å². The van der Waals surface area contributed by atoms with Crippen LogP contribution in [0.15, 0.2) is 6.33 Å². The topological polar surface area (TPSA) is 73.1 Å². The summed E-state index contributed by atoms with van der Waals surface area (Å²) in [4.78, 5) is 8.42. The summed E-state index contributed by atoms with van der Waals surface area (Å²) in [5.41, 5.74) is 6.61. The molecule has 108 valence electrons. The van der Waals surface area contributed by atoms with Crippen LogP contribution in [0.1, 0.15) is 38.7 Å². The van der Waals surface area contributed by atoms with Gasteiger partial charge in [0.05, 0.1) is 12.2 Å². The Labute approximate surface area is 116 Å². The van der Waals surface area contributed by atoms with Gasteiger partial charge in [-0.15, -0.1) is 0 Å². The van der Waals surface area contributed by atoms with Gasteiger partial charge in [0, 0.05) is 6.54 Å². The quantitative estimate of drug-likeness (QED) is 0.718. The Hall–Kier alpha value is -1.36. The van der Waals surface area contributed by atoms with E-state index in [2.05, 4.69) is 22.2 Å². The first kappa shape index (κ1) is 15.7. The van der Waals surface area contributed by atoms with Crippen LogP contribution in [0.4, 0.5) is 5.82 Å². The molecule has 0 spiro atoms. The highest BCUT2D eigenvalue weighted by Gasteiger charge is 2.10. The van der Waals surface area contributed by atoms with Crippen LogP contribution in [-0.4, -0.2) is 29.7 Å². The second kappa shape index (κ2) is 8.69. The van der Waals surface area contributed by atoms with Gasteiger partial charge in [-0.2, -0.15) is 0 Å². The molecule has 0 bridgehead atoms. The van der Waals surface area contributed by atoms with Crippen LogP contribution in [0.5, 0.6) is 5.88 Å². The molecule has 0 saturated heterocycles. The largest absolute Gasteiger partial charge is 0.478 e. The molecule has 0 amide bonds. The number of rotatable bonds is 9. The lowest BCUT2D eigenvalue weighted by atomic mass is 10.00. The average molecular weight is 266 g/mol. The first-order valence-corrected chi connectivity index (χ1v) is 7.11. The number of anilines is 1. The van der Waals surface area contributed by atoms with Crippen molar-refractivity contribution in [3.8, 4) is 5.88 Å².